The first-order valence-electron chi connectivity index (χ1n) is 22.8. The van der Waals surface area contributed by atoms with Gasteiger partial charge >= 0.3 is 36.0 Å². The Morgan fingerprint density at radius 1 is 0.697 bits per heavy atom. The third-order valence-corrected chi connectivity index (χ3v) is 11.3. The zero-order chi connectivity index (χ0) is 56.0. The molecule has 0 saturated carbocycles. The predicted octanol–water partition coefficient (Wildman–Crippen LogP) is 2.51. The van der Waals surface area contributed by atoms with Gasteiger partial charge in [0.05, 0.1) is 52.3 Å². The number of ether oxygens (including phenoxy) is 6. The van der Waals surface area contributed by atoms with Gasteiger partial charge in [0, 0.05) is 61.3 Å². The lowest BCUT2D eigenvalue weighted by Crippen LogP contribution is -2.37. The third-order valence-electron chi connectivity index (χ3n) is 11.3. The lowest BCUT2D eigenvalue weighted by Gasteiger charge is -2.27. The van der Waals surface area contributed by atoms with Crippen LogP contribution in [0.2, 0.25) is 0 Å². The van der Waals surface area contributed by atoms with Crippen molar-refractivity contribution in [3.8, 4) is 33.9 Å². The van der Waals surface area contributed by atoms with Gasteiger partial charge < -0.3 is 62.3 Å². The summed E-state index contributed by atoms with van der Waals surface area (Å²) in [5, 5.41) is 10.9. The minimum Gasteiger partial charge on any atom is -0.542 e. The maximum absolute atomic E-state index is 13.2. The number of anilines is 3. The molecule has 3 aliphatic rings. The van der Waals surface area contributed by atoms with Crippen molar-refractivity contribution in [1.82, 2.24) is 9.64 Å². The second kappa shape index (κ2) is 25.9. The number of esters is 4. The minimum atomic E-state index is -5.19. The molecule has 3 aromatic carbocycles. The first-order chi connectivity index (χ1) is 36.0. The van der Waals surface area contributed by atoms with Crippen LogP contribution in [0.5, 0.6) is 11.5 Å². The topological polar surface area (TPSA) is 253 Å². The van der Waals surface area contributed by atoms with Gasteiger partial charge in [-0.05, 0) is 47.5 Å². The normalized spacial score (nSPS) is 12.0. The number of benzene rings is 4. The van der Waals surface area contributed by atoms with Crippen molar-refractivity contribution < 1.29 is 94.3 Å². The number of hydrogen-bond acceptors (Lipinski definition) is 20. The summed E-state index contributed by atoms with van der Waals surface area (Å²) < 4.78 is 72.6. The van der Waals surface area contributed by atoms with E-state index in [0.717, 1.165) is 27.6 Å². The Kier molecular flexibility index (Phi) is 19.7. The molecule has 25 heteroatoms. The van der Waals surface area contributed by atoms with E-state index in [2.05, 4.69) is 0 Å². The summed E-state index contributed by atoms with van der Waals surface area (Å²) in [5.74, 6) is -7.12. The van der Waals surface area contributed by atoms with E-state index in [0.29, 0.717) is 27.7 Å². The van der Waals surface area contributed by atoms with E-state index in [-0.39, 0.29) is 61.9 Å². The first-order valence-corrected chi connectivity index (χ1v) is 22.8. The Morgan fingerprint density at radius 3 is 1.78 bits per heavy atom. The van der Waals surface area contributed by atoms with E-state index in [1.165, 1.54) is 44.3 Å². The van der Waals surface area contributed by atoms with E-state index in [1.54, 1.807) is 24.3 Å². The Balaban J connectivity index is 0.00000142. The molecule has 2 amide bonds. The molecule has 406 valence electrons. The lowest BCUT2D eigenvalue weighted by molar-refractivity contribution is -0.344. The molecule has 0 N–H and O–H groups in total. The van der Waals surface area contributed by atoms with Gasteiger partial charge in [-0.1, -0.05) is 18.2 Å². The van der Waals surface area contributed by atoms with Crippen LogP contribution in [0.15, 0.2) is 77.2 Å². The molecule has 76 heavy (non-hydrogen) atoms. The molecular weight excluding hydrogens is 1010 g/mol. The monoisotopic (exact) mass is 1070 g/mol. The molecule has 0 atom stereocenters. The van der Waals surface area contributed by atoms with Crippen LogP contribution >= 0.6 is 0 Å². The van der Waals surface area contributed by atoms with E-state index in [4.69, 9.17) is 47.6 Å². The summed E-state index contributed by atoms with van der Waals surface area (Å²) in [7, 11) is 12.5. The number of carboxylic acid groups (broad SMARTS) is 1. The van der Waals surface area contributed by atoms with Crippen molar-refractivity contribution in [2.75, 3.05) is 111 Å². The van der Waals surface area contributed by atoms with E-state index in [9.17, 15) is 46.7 Å². The summed E-state index contributed by atoms with van der Waals surface area (Å²) in [6.45, 7) is -2.00. The highest BCUT2D eigenvalue weighted by Crippen LogP contribution is 2.43. The number of alkyl halides is 3. The molecular formula is C51H54F3N5O17. The van der Waals surface area contributed by atoms with Crippen molar-refractivity contribution >= 4 is 75.7 Å². The summed E-state index contributed by atoms with van der Waals surface area (Å²) in [4.78, 5) is 107. The second-order valence-electron chi connectivity index (χ2n) is 16.8. The summed E-state index contributed by atoms with van der Waals surface area (Å²) >= 11 is 0. The number of hydroxylamine groups is 2. The van der Waals surface area contributed by atoms with Crippen LogP contribution in [0.25, 0.3) is 33.4 Å². The zero-order valence-electron chi connectivity index (χ0n) is 42.6. The standard InChI is InChI=1S/C49H54N5O15.C2HF3O2/c1-50(2)32-13-15-34-38(24-32)68-39-25-33(51(3)4)14-16-35(39)48(34)30-12-17-36(52(26-44(58)62-5)27-45(59)63-6)40(22-30)67-21-20-66-37-11-9-10-31(23-43(57)69-54-41(55)18-19-42(54)56)49(37)53(28-46(60)64-7)29-47(61)65-8;3-2(4,5)1(6)7/h9-17,22,24-25H,18-21,23,26-29H2,1-8H3;(H,6,7)/q+1;/p-1. The van der Waals surface area contributed by atoms with E-state index >= 15 is 0 Å². The van der Waals surface area contributed by atoms with Crippen molar-refractivity contribution in [3.05, 3.63) is 83.7 Å². The molecule has 2 heterocycles. The predicted molar refractivity (Wildman–Crippen MR) is 262 cm³/mol. The summed E-state index contributed by atoms with van der Waals surface area (Å²) in [6, 6.07) is 21.8. The Morgan fingerprint density at radius 2 is 1.25 bits per heavy atom. The molecule has 2 aliphatic heterocycles. The average Bonchev–Trinajstić information content (AvgIpc) is 3.71. The number of rotatable bonds is 20. The molecule has 0 radical (unpaired) electrons. The number of amides is 2. The Hall–Kier alpha value is -8.90. The highest BCUT2D eigenvalue weighted by Gasteiger charge is 2.34. The maximum atomic E-state index is 13.2. The van der Waals surface area contributed by atoms with Crippen LogP contribution in [0, 0.1) is 0 Å². The molecule has 0 bridgehead atoms. The number of nitrogens with zero attached hydrogens (tertiary/aromatic N) is 5. The Bertz CT molecular complexity index is 2990. The molecule has 3 aromatic rings. The highest BCUT2D eigenvalue weighted by atomic mass is 19.4. The average molecular weight is 1070 g/mol. The fourth-order valence-corrected chi connectivity index (χ4v) is 7.54. The molecule has 0 aromatic heterocycles. The van der Waals surface area contributed by atoms with Gasteiger partial charge in [0.25, 0.3) is 11.8 Å². The van der Waals surface area contributed by atoms with Crippen LogP contribution in [-0.2, 0) is 68.6 Å². The van der Waals surface area contributed by atoms with Gasteiger partial charge in [0.15, 0.2) is 0 Å². The number of hydrogen-bond donors (Lipinski definition) is 0. The van der Waals surface area contributed by atoms with Gasteiger partial charge in [-0.3, -0.25) is 28.8 Å². The number of fused-ring (bicyclic) bond motifs is 2. The van der Waals surface area contributed by atoms with Crippen molar-refractivity contribution in [1.29, 1.82) is 0 Å². The number of halogens is 3. The van der Waals surface area contributed by atoms with Gasteiger partial charge in [-0.2, -0.15) is 13.2 Å². The van der Waals surface area contributed by atoms with Crippen LogP contribution in [0.4, 0.5) is 30.2 Å². The van der Waals surface area contributed by atoms with Crippen LogP contribution in [-0.4, -0.2) is 155 Å². The summed E-state index contributed by atoms with van der Waals surface area (Å²) in [6.07, 6.45) is -5.93. The SMILES string of the molecule is COC(=O)CN(CC(=O)OC)c1ccc(-c2c3ccc(=[N+](C)C)cc-3oc3cc(N(C)C)ccc23)cc1OCCOc1cccc(CC(=O)ON2C(=O)CCC2=O)c1N(CC(=O)OC)CC(=O)OC.O=C([O-])C(F)(F)F. The van der Waals surface area contributed by atoms with Crippen molar-refractivity contribution in [2.45, 2.75) is 25.4 Å². The van der Waals surface area contributed by atoms with Gasteiger partial charge in [0.1, 0.15) is 82.3 Å². The maximum Gasteiger partial charge on any atom is 0.430 e. The number of para-hydroxylation sites is 1. The fraction of sp³-hybridized carbons (Fsp3) is 0.353. The zero-order valence-corrected chi connectivity index (χ0v) is 42.6. The van der Waals surface area contributed by atoms with Crippen molar-refractivity contribution in [2.24, 2.45) is 0 Å². The van der Waals surface area contributed by atoms with Gasteiger partial charge in [-0.15, -0.1) is 5.06 Å². The molecule has 1 fully saturated rings. The van der Waals surface area contributed by atoms with Gasteiger partial charge in [0.2, 0.25) is 5.36 Å². The summed E-state index contributed by atoms with van der Waals surface area (Å²) in [5.41, 5.74) is 4.50. The van der Waals surface area contributed by atoms with Crippen LogP contribution in [0.1, 0.15) is 18.4 Å². The van der Waals surface area contributed by atoms with Crippen LogP contribution in [0.3, 0.4) is 0 Å². The lowest BCUT2D eigenvalue weighted by atomic mass is 9.93. The second-order valence-corrected chi connectivity index (χ2v) is 16.8. The minimum absolute atomic E-state index is 0.0946. The van der Waals surface area contributed by atoms with E-state index in [1.807, 2.05) is 80.1 Å². The fourth-order valence-electron chi connectivity index (χ4n) is 7.54. The smallest absolute Gasteiger partial charge is 0.430 e. The highest BCUT2D eigenvalue weighted by molar-refractivity contribution is 6.04. The number of carbonyl (C=O) groups excluding carboxylic acids is 8. The third kappa shape index (κ3) is 14.9. The number of methoxy groups -OCH3 is 4. The number of carboxylic acids is 1. The molecule has 6 rings (SSSR count). The molecule has 22 nitrogen and oxygen atoms in total. The number of carbonyl (C=O) groups is 8. The quantitative estimate of drug-likeness (QED) is 0.0271. The first kappa shape index (κ1) is 58.0. The van der Waals surface area contributed by atoms with E-state index < -0.39 is 73.3 Å². The van der Waals surface area contributed by atoms with Crippen molar-refractivity contribution in [3.63, 3.8) is 0 Å². The van der Waals surface area contributed by atoms with Gasteiger partial charge in [-0.25, -0.2) is 9.37 Å². The number of imide groups is 1. The molecule has 1 aliphatic carbocycles. The number of aliphatic carboxylic acids is 1. The molecule has 0 unspecified atom stereocenters. The Labute approximate surface area is 432 Å². The largest absolute Gasteiger partial charge is 0.542 e. The molecule has 0 spiro atoms. The molecule has 1 saturated heterocycles. The van der Waals surface area contributed by atoms with Crippen LogP contribution < -0.4 is 39.2 Å².